The molecule has 0 bridgehead atoms. The highest BCUT2D eigenvalue weighted by atomic mass is 16.2. The maximum absolute atomic E-state index is 12.0. The van der Waals surface area contributed by atoms with Crippen molar-refractivity contribution in [2.75, 3.05) is 7.05 Å². The summed E-state index contributed by atoms with van der Waals surface area (Å²) in [5.41, 5.74) is 3.09. The summed E-state index contributed by atoms with van der Waals surface area (Å²) in [7, 11) is 1.63. The molecule has 2 aromatic carbocycles. The van der Waals surface area contributed by atoms with Gasteiger partial charge in [0.25, 0.3) is 0 Å². The third-order valence-corrected chi connectivity index (χ3v) is 4.30. The average Bonchev–Trinajstić information content (AvgIpc) is 2.53. The zero-order valence-corrected chi connectivity index (χ0v) is 13.5. The van der Waals surface area contributed by atoms with E-state index < -0.39 is 5.54 Å². The normalized spacial score (nSPS) is 21.2. The van der Waals surface area contributed by atoms with Crippen molar-refractivity contribution in [2.45, 2.75) is 25.3 Å². The number of hydrogen-bond acceptors (Lipinski definition) is 2. The molecule has 0 aromatic heterocycles. The lowest BCUT2D eigenvalue weighted by atomic mass is 9.86. The first-order valence-corrected chi connectivity index (χ1v) is 7.74. The molecule has 4 nitrogen and oxygen atoms in total. The molecule has 1 amide bonds. The third-order valence-electron chi connectivity index (χ3n) is 4.30. The van der Waals surface area contributed by atoms with Gasteiger partial charge in [0.1, 0.15) is 0 Å². The van der Waals surface area contributed by atoms with Crippen LogP contribution < -0.4 is 5.32 Å². The van der Waals surface area contributed by atoms with Gasteiger partial charge in [-0.1, -0.05) is 54.6 Å². The molecule has 1 aliphatic rings. The summed E-state index contributed by atoms with van der Waals surface area (Å²) in [5, 5.41) is 11.1. The van der Waals surface area contributed by atoms with Gasteiger partial charge in [-0.2, -0.15) is 0 Å². The molecule has 1 atom stereocenters. The highest BCUT2D eigenvalue weighted by Crippen LogP contribution is 2.25. The lowest BCUT2D eigenvalue weighted by Crippen LogP contribution is -2.60. The zero-order chi connectivity index (χ0) is 16.4. The van der Waals surface area contributed by atoms with Gasteiger partial charge in [-0.3, -0.25) is 15.1 Å². The predicted octanol–water partition coefficient (Wildman–Crippen LogP) is 3.04. The van der Waals surface area contributed by atoms with Crippen LogP contribution >= 0.6 is 0 Å². The lowest BCUT2D eigenvalue weighted by molar-refractivity contribution is -0.129. The van der Waals surface area contributed by atoms with E-state index in [2.05, 4.69) is 35.6 Å². The van der Waals surface area contributed by atoms with Gasteiger partial charge in [0, 0.05) is 7.05 Å². The van der Waals surface area contributed by atoms with E-state index in [0.29, 0.717) is 12.8 Å². The zero-order valence-electron chi connectivity index (χ0n) is 13.5. The fourth-order valence-corrected chi connectivity index (χ4v) is 3.04. The molecule has 1 fully saturated rings. The smallest absolute Gasteiger partial charge is 0.231 e. The van der Waals surface area contributed by atoms with E-state index in [4.69, 9.17) is 5.41 Å². The van der Waals surface area contributed by atoms with Crippen molar-refractivity contribution in [1.82, 2.24) is 10.2 Å². The third kappa shape index (κ3) is 3.26. The lowest BCUT2D eigenvalue weighted by Gasteiger charge is -2.39. The van der Waals surface area contributed by atoms with Crippen LogP contribution in [0.15, 0.2) is 54.6 Å². The van der Waals surface area contributed by atoms with Crippen molar-refractivity contribution >= 4 is 11.9 Å². The van der Waals surface area contributed by atoms with E-state index in [0.717, 1.165) is 5.56 Å². The number of carbonyl (C=O) groups is 1. The molecule has 23 heavy (non-hydrogen) atoms. The monoisotopic (exact) mass is 307 g/mol. The molecule has 0 unspecified atom stereocenters. The number of rotatable bonds is 3. The Hall–Kier alpha value is -2.62. The van der Waals surface area contributed by atoms with Gasteiger partial charge in [-0.15, -0.1) is 0 Å². The van der Waals surface area contributed by atoms with E-state index in [1.807, 2.05) is 31.2 Å². The maximum atomic E-state index is 12.0. The van der Waals surface area contributed by atoms with Crippen LogP contribution in [0.4, 0.5) is 0 Å². The van der Waals surface area contributed by atoms with Crippen LogP contribution in [0.1, 0.15) is 18.9 Å². The summed E-state index contributed by atoms with van der Waals surface area (Å²) in [4.78, 5) is 13.4. The Morgan fingerprint density at radius 2 is 1.83 bits per heavy atom. The average molecular weight is 307 g/mol. The molecule has 2 N–H and O–H groups in total. The Morgan fingerprint density at radius 1 is 1.13 bits per heavy atom. The molecular weight excluding hydrogens is 286 g/mol. The Kier molecular flexibility index (Phi) is 3.90. The molecule has 0 spiro atoms. The van der Waals surface area contributed by atoms with Crippen molar-refractivity contribution < 1.29 is 4.79 Å². The van der Waals surface area contributed by atoms with Crippen molar-refractivity contribution in [3.63, 3.8) is 0 Å². The van der Waals surface area contributed by atoms with Crippen molar-refractivity contribution in [2.24, 2.45) is 0 Å². The highest BCUT2D eigenvalue weighted by Gasteiger charge is 2.36. The summed E-state index contributed by atoms with van der Waals surface area (Å²) >= 11 is 0. The van der Waals surface area contributed by atoms with Crippen LogP contribution in [-0.4, -0.2) is 29.4 Å². The number of benzene rings is 2. The number of carbonyl (C=O) groups excluding carboxylic acids is 1. The molecule has 0 aliphatic carbocycles. The number of guanidine groups is 1. The second-order valence-electron chi connectivity index (χ2n) is 6.41. The molecule has 0 saturated carbocycles. The van der Waals surface area contributed by atoms with Crippen LogP contribution in [0.25, 0.3) is 11.1 Å². The predicted molar refractivity (Wildman–Crippen MR) is 92.2 cm³/mol. The molecule has 1 heterocycles. The van der Waals surface area contributed by atoms with Crippen LogP contribution in [0.5, 0.6) is 0 Å². The van der Waals surface area contributed by atoms with E-state index in [-0.39, 0.29) is 11.9 Å². The number of nitrogens with one attached hydrogen (secondary N) is 2. The summed E-state index contributed by atoms with van der Waals surface area (Å²) < 4.78 is 0. The number of hydrogen-bond donors (Lipinski definition) is 2. The topological polar surface area (TPSA) is 56.2 Å². The first kappa shape index (κ1) is 15.3. The van der Waals surface area contributed by atoms with Gasteiger partial charge in [0.2, 0.25) is 5.91 Å². The minimum absolute atomic E-state index is 0.0181. The summed E-state index contributed by atoms with van der Waals surface area (Å²) in [6.45, 7) is 2.00. The molecule has 1 saturated heterocycles. The molecule has 2 aromatic rings. The first-order chi connectivity index (χ1) is 11.0. The largest absolute Gasteiger partial charge is 0.350 e. The molecule has 1 aliphatic heterocycles. The number of nitrogens with zero attached hydrogens (tertiary/aromatic N) is 1. The molecular formula is C19H21N3O. The molecule has 4 heteroatoms. The van der Waals surface area contributed by atoms with Crippen LogP contribution in [-0.2, 0) is 11.2 Å². The minimum Gasteiger partial charge on any atom is -0.350 e. The Balaban J connectivity index is 1.83. The van der Waals surface area contributed by atoms with Crippen LogP contribution in [0, 0.1) is 5.41 Å². The van der Waals surface area contributed by atoms with Gasteiger partial charge < -0.3 is 5.32 Å². The van der Waals surface area contributed by atoms with E-state index in [1.165, 1.54) is 16.0 Å². The molecule has 0 radical (unpaired) electrons. The Morgan fingerprint density at radius 3 is 2.52 bits per heavy atom. The summed E-state index contributed by atoms with van der Waals surface area (Å²) in [5.74, 6) is 0.151. The van der Waals surface area contributed by atoms with Gasteiger partial charge in [-0.05, 0) is 30.0 Å². The standard InChI is InChI=1S/C19H21N3O/c1-19(13-17(23)22(2)18(20)21-19)12-14-7-6-10-16(11-14)15-8-4-3-5-9-15/h3-11H,12-13H2,1-2H3,(H2,20,21)/t19-/m1/s1. The second-order valence-corrected chi connectivity index (χ2v) is 6.41. The SMILES string of the molecule is CN1C(=N)N[C@](C)(Cc2cccc(-c3ccccc3)c2)CC1=O. The summed E-state index contributed by atoms with van der Waals surface area (Å²) in [6, 6.07) is 18.6. The number of amides is 1. The van der Waals surface area contributed by atoms with Crippen molar-refractivity contribution in [3.05, 3.63) is 60.2 Å². The van der Waals surface area contributed by atoms with Gasteiger partial charge in [0.15, 0.2) is 5.96 Å². The second kappa shape index (κ2) is 5.88. The fourth-order valence-electron chi connectivity index (χ4n) is 3.04. The van der Waals surface area contributed by atoms with Gasteiger partial charge in [0.05, 0.1) is 12.0 Å². The van der Waals surface area contributed by atoms with E-state index >= 15 is 0 Å². The van der Waals surface area contributed by atoms with E-state index in [1.54, 1.807) is 7.05 Å². The van der Waals surface area contributed by atoms with Crippen molar-refractivity contribution in [3.8, 4) is 11.1 Å². The van der Waals surface area contributed by atoms with Gasteiger partial charge >= 0.3 is 0 Å². The van der Waals surface area contributed by atoms with Gasteiger partial charge in [-0.25, -0.2) is 0 Å². The molecule has 118 valence electrons. The van der Waals surface area contributed by atoms with Crippen molar-refractivity contribution in [1.29, 1.82) is 5.41 Å². The van der Waals surface area contributed by atoms with Crippen LogP contribution in [0.2, 0.25) is 0 Å². The highest BCUT2D eigenvalue weighted by molar-refractivity contribution is 5.98. The van der Waals surface area contributed by atoms with Crippen LogP contribution in [0.3, 0.4) is 0 Å². The quantitative estimate of drug-likeness (QED) is 0.915. The van der Waals surface area contributed by atoms with E-state index in [9.17, 15) is 4.79 Å². The molecule has 3 rings (SSSR count). The summed E-state index contributed by atoms with van der Waals surface area (Å²) in [6.07, 6.45) is 1.09. The maximum Gasteiger partial charge on any atom is 0.231 e. The fraction of sp³-hybridized carbons (Fsp3) is 0.263. The minimum atomic E-state index is -0.421. The Labute approximate surface area is 136 Å². The Bertz CT molecular complexity index is 721. The first-order valence-electron chi connectivity index (χ1n) is 7.74.